The van der Waals surface area contributed by atoms with Gasteiger partial charge in [-0.05, 0) is 122 Å². The maximum atomic E-state index is 6.10. The predicted molar refractivity (Wildman–Crippen MR) is 224 cm³/mol. The van der Waals surface area contributed by atoms with Gasteiger partial charge in [0.1, 0.15) is 23.0 Å². The Morgan fingerprint density at radius 1 is 0.300 bits per heavy atom. The van der Waals surface area contributed by atoms with Crippen LogP contribution in [0.4, 0.5) is 0 Å². The second-order valence-electron chi connectivity index (χ2n) is 12.2. The van der Waals surface area contributed by atoms with Gasteiger partial charge in [-0.3, -0.25) is 0 Å². The summed E-state index contributed by atoms with van der Waals surface area (Å²) < 4.78 is 24.4. The highest BCUT2D eigenvalue weighted by Gasteiger charge is 2.29. The molecule has 0 aliphatic heterocycles. The number of ether oxygens (including phenoxy) is 4. The van der Waals surface area contributed by atoms with Crippen molar-refractivity contribution in [1.29, 1.82) is 0 Å². The van der Waals surface area contributed by atoms with Crippen molar-refractivity contribution in [3.63, 3.8) is 0 Å². The summed E-state index contributed by atoms with van der Waals surface area (Å²) >= 11 is 14.1. The summed E-state index contributed by atoms with van der Waals surface area (Å²) in [5.41, 5.74) is 4.89. The number of halogens is 4. The first-order valence-electron chi connectivity index (χ1n) is 17.8. The standard InChI is InChI=1S/C42H50Br4O4/c43-25-1-5-29-47-37-17-9-33(10-18-37)41(34-11-19-38(20-12-34)48-30-6-2-26-44)42(35-13-21-39(22-14-35)49-31-7-3-27-45)36-15-23-40(24-16-36)50-32-8-4-28-46/h9-24,41-42H,1-8,25-32H2. The third-order valence-electron chi connectivity index (χ3n) is 8.48. The molecule has 4 rings (SSSR count). The van der Waals surface area contributed by atoms with E-state index in [2.05, 4.69) is 161 Å². The molecule has 0 bridgehead atoms. The molecule has 0 unspecified atom stereocenters. The van der Waals surface area contributed by atoms with E-state index in [1.165, 1.54) is 22.3 Å². The van der Waals surface area contributed by atoms with E-state index < -0.39 is 0 Å². The maximum absolute atomic E-state index is 6.10. The predicted octanol–water partition coefficient (Wildman–Crippen LogP) is 12.9. The van der Waals surface area contributed by atoms with Gasteiger partial charge in [0.25, 0.3) is 0 Å². The zero-order valence-corrected chi connectivity index (χ0v) is 35.2. The monoisotopic (exact) mass is 934 g/mol. The van der Waals surface area contributed by atoms with E-state index in [0.717, 1.165) is 95.7 Å². The molecule has 0 aliphatic carbocycles. The first-order chi connectivity index (χ1) is 24.7. The van der Waals surface area contributed by atoms with Crippen LogP contribution >= 0.6 is 63.7 Å². The van der Waals surface area contributed by atoms with Gasteiger partial charge in [0.15, 0.2) is 0 Å². The van der Waals surface area contributed by atoms with Gasteiger partial charge in [0, 0.05) is 33.2 Å². The Morgan fingerprint density at radius 3 is 0.680 bits per heavy atom. The number of hydrogen-bond acceptors (Lipinski definition) is 4. The van der Waals surface area contributed by atoms with Crippen molar-refractivity contribution in [2.45, 2.75) is 63.2 Å². The normalized spacial score (nSPS) is 11.2. The van der Waals surface area contributed by atoms with Crippen molar-refractivity contribution in [1.82, 2.24) is 0 Å². The molecule has 0 saturated heterocycles. The van der Waals surface area contributed by atoms with Crippen LogP contribution in [0.15, 0.2) is 97.1 Å². The van der Waals surface area contributed by atoms with Crippen LogP contribution in [-0.4, -0.2) is 47.7 Å². The van der Waals surface area contributed by atoms with Crippen molar-refractivity contribution in [2.24, 2.45) is 0 Å². The number of hydrogen-bond donors (Lipinski definition) is 0. The Hall–Kier alpha value is -2.00. The van der Waals surface area contributed by atoms with Crippen molar-refractivity contribution in [3.8, 4) is 23.0 Å². The molecule has 50 heavy (non-hydrogen) atoms. The summed E-state index contributed by atoms with van der Waals surface area (Å²) in [6, 6.07) is 34.7. The van der Waals surface area contributed by atoms with Gasteiger partial charge in [-0.2, -0.15) is 0 Å². The molecule has 0 spiro atoms. The maximum Gasteiger partial charge on any atom is 0.119 e. The minimum Gasteiger partial charge on any atom is -0.494 e. The molecule has 4 nitrogen and oxygen atoms in total. The Bertz CT molecular complexity index is 1220. The number of benzene rings is 4. The Morgan fingerprint density at radius 2 is 0.500 bits per heavy atom. The summed E-state index contributed by atoms with van der Waals surface area (Å²) in [7, 11) is 0. The van der Waals surface area contributed by atoms with Crippen LogP contribution in [0.5, 0.6) is 23.0 Å². The third kappa shape index (κ3) is 13.9. The van der Waals surface area contributed by atoms with Crippen molar-refractivity contribution >= 4 is 63.7 Å². The van der Waals surface area contributed by atoms with Crippen molar-refractivity contribution in [3.05, 3.63) is 119 Å². The van der Waals surface area contributed by atoms with Gasteiger partial charge in [-0.15, -0.1) is 0 Å². The summed E-state index contributed by atoms with van der Waals surface area (Å²) in [6.45, 7) is 2.85. The van der Waals surface area contributed by atoms with E-state index in [-0.39, 0.29) is 11.8 Å². The van der Waals surface area contributed by atoms with E-state index >= 15 is 0 Å². The first kappa shape index (κ1) is 40.8. The fraction of sp³-hybridized carbons (Fsp3) is 0.429. The van der Waals surface area contributed by atoms with Gasteiger partial charge in [-0.25, -0.2) is 0 Å². The van der Waals surface area contributed by atoms with Gasteiger partial charge >= 0.3 is 0 Å². The van der Waals surface area contributed by atoms with Gasteiger partial charge in [0.2, 0.25) is 0 Å². The van der Waals surface area contributed by atoms with Gasteiger partial charge in [0.05, 0.1) is 26.4 Å². The zero-order chi connectivity index (χ0) is 35.2. The molecule has 0 amide bonds. The molecular formula is C42H50Br4O4. The van der Waals surface area contributed by atoms with E-state index in [9.17, 15) is 0 Å². The summed E-state index contributed by atoms with van der Waals surface area (Å²) in [4.78, 5) is 0. The minimum atomic E-state index is 0.0243. The largest absolute Gasteiger partial charge is 0.494 e. The van der Waals surface area contributed by atoms with Crippen LogP contribution < -0.4 is 18.9 Å². The minimum absolute atomic E-state index is 0.0243. The van der Waals surface area contributed by atoms with Crippen LogP contribution in [0.3, 0.4) is 0 Å². The lowest BCUT2D eigenvalue weighted by molar-refractivity contribution is 0.309. The average molecular weight is 938 g/mol. The van der Waals surface area contributed by atoms with E-state index in [0.29, 0.717) is 26.4 Å². The smallest absolute Gasteiger partial charge is 0.119 e. The molecule has 0 saturated carbocycles. The van der Waals surface area contributed by atoms with E-state index in [4.69, 9.17) is 18.9 Å². The Labute approximate surface area is 333 Å². The van der Waals surface area contributed by atoms with Crippen LogP contribution in [0, 0.1) is 0 Å². The topological polar surface area (TPSA) is 36.9 Å². The van der Waals surface area contributed by atoms with E-state index in [1.807, 2.05) is 0 Å². The molecule has 4 aromatic rings. The molecule has 270 valence electrons. The highest BCUT2D eigenvalue weighted by atomic mass is 79.9. The van der Waals surface area contributed by atoms with Crippen molar-refractivity contribution in [2.75, 3.05) is 47.7 Å². The second-order valence-corrected chi connectivity index (χ2v) is 15.4. The molecule has 0 heterocycles. The molecule has 0 N–H and O–H groups in total. The summed E-state index contributed by atoms with van der Waals surface area (Å²) in [6.07, 6.45) is 8.48. The van der Waals surface area contributed by atoms with Crippen LogP contribution in [-0.2, 0) is 0 Å². The molecule has 0 atom stereocenters. The van der Waals surface area contributed by atoms with Gasteiger partial charge in [-0.1, -0.05) is 112 Å². The molecule has 0 radical (unpaired) electrons. The lowest BCUT2D eigenvalue weighted by atomic mass is 9.73. The highest BCUT2D eigenvalue weighted by Crippen LogP contribution is 2.44. The number of unbranched alkanes of at least 4 members (excludes halogenated alkanes) is 4. The zero-order valence-electron chi connectivity index (χ0n) is 28.9. The molecule has 0 aromatic heterocycles. The summed E-state index contributed by atoms with van der Waals surface area (Å²) in [5.74, 6) is 3.64. The van der Waals surface area contributed by atoms with Gasteiger partial charge < -0.3 is 18.9 Å². The fourth-order valence-electron chi connectivity index (χ4n) is 5.79. The summed E-state index contributed by atoms with van der Waals surface area (Å²) in [5, 5.41) is 3.97. The van der Waals surface area contributed by atoms with Crippen molar-refractivity contribution < 1.29 is 18.9 Å². The SMILES string of the molecule is BrCCCCOc1ccc(C(c2ccc(OCCCCBr)cc2)C(c2ccc(OCCCCBr)cc2)c2ccc(OCCCCBr)cc2)cc1. The van der Waals surface area contributed by atoms with Crippen LogP contribution in [0.1, 0.15) is 85.5 Å². The lowest BCUT2D eigenvalue weighted by Crippen LogP contribution is -2.15. The Kier molecular flexibility index (Phi) is 19.8. The number of rotatable bonds is 25. The lowest BCUT2D eigenvalue weighted by Gasteiger charge is -2.30. The molecule has 8 heteroatoms. The average Bonchev–Trinajstić information content (AvgIpc) is 3.16. The molecule has 4 aromatic carbocycles. The van der Waals surface area contributed by atoms with E-state index in [1.54, 1.807) is 0 Å². The highest BCUT2D eigenvalue weighted by molar-refractivity contribution is 9.09. The fourth-order valence-corrected chi connectivity index (χ4v) is 7.37. The van der Waals surface area contributed by atoms with Crippen LogP contribution in [0.25, 0.3) is 0 Å². The third-order valence-corrected chi connectivity index (χ3v) is 10.7. The molecule has 0 fully saturated rings. The second kappa shape index (κ2) is 24.3. The molecule has 0 aliphatic rings. The first-order valence-corrected chi connectivity index (χ1v) is 22.3. The molecular weight excluding hydrogens is 888 g/mol. The number of alkyl halides is 4. The Balaban J connectivity index is 1.70. The van der Waals surface area contributed by atoms with Crippen LogP contribution in [0.2, 0.25) is 0 Å². The quantitative estimate of drug-likeness (QED) is 0.0490.